The molecule has 0 spiro atoms. The van der Waals surface area contributed by atoms with E-state index in [1.165, 1.54) is 28.1 Å². The molecular weight excluding hydrogens is 563 g/mol. The van der Waals surface area contributed by atoms with Crippen molar-refractivity contribution < 1.29 is 9.13 Å². The highest BCUT2D eigenvalue weighted by atomic mass is 35.5. The van der Waals surface area contributed by atoms with E-state index in [1.807, 2.05) is 63.2 Å². The molecule has 0 amide bonds. The third-order valence-electron chi connectivity index (χ3n) is 6.89. The number of rotatable bonds is 6. The maximum Gasteiger partial charge on any atom is 0.265 e. The van der Waals surface area contributed by atoms with Crippen LogP contribution in [0, 0.1) is 0 Å². The van der Waals surface area contributed by atoms with Gasteiger partial charge in [0.05, 0.1) is 23.1 Å². The minimum atomic E-state index is -0.482. The number of nitrogen functional groups attached to an aromatic ring is 1. The van der Waals surface area contributed by atoms with Gasteiger partial charge in [0.1, 0.15) is 33.6 Å². The highest BCUT2D eigenvalue weighted by Crippen LogP contribution is 2.36. The number of nitrogens with zero attached hydrogens (tertiary/aromatic N) is 5. The van der Waals surface area contributed by atoms with Gasteiger partial charge in [-0.3, -0.25) is 9.20 Å². The van der Waals surface area contributed by atoms with Crippen molar-refractivity contribution in [1.29, 1.82) is 0 Å². The summed E-state index contributed by atoms with van der Waals surface area (Å²) in [6.45, 7) is 5.64. The summed E-state index contributed by atoms with van der Waals surface area (Å²) in [5, 5.41) is 7.50. The van der Waals surface area contributed by atoms with Gasteiger partial charge in [0.2, 0.25) is 0 Å². The number of hydrogen-bond donors (Lipinski definition) is 1. The van der Waals surface area contributed by atoms with E-state index in [0.29, 0.717) is 44.3 Å². The zero-order valence-electron chi connectivity index (χ0n) is 22.5. The summed E-state index contributed by atoms with van der Waals surface area (Å²) in [5.74, 6) is -0.0124. The number of allylic oxidation sites excluding steroid dienone is 5. The van der Waals surface area contributed by atoms with E-state index in [1.54, 1.807) is 16.1 Å². The lowest BCUT2D eigenvalue weighted by Gasteiger charge is -2.18. The molecule has 1 aliphatic carbocycles. The molecule has 2 N–H and O–H groups in total. The zero-order valence-corrected chi connectivity index (χ0v) is 24.1. The predicted molar refractivity (Wildman–Crippen MR) is 162 cm³/mol. The Morgan fingerprint density at radius 2 is 1.95 bits per heavy atom. The molecule has 0 radical (unpaired) electrons. The van der Waals surface area contributed by atoms with Crippen LogP contribution in [0.5, 0.6) is 0 Å². The van der Waals surface area contributed by atoms with Crippen molar-refractivity contribution in [3.63, 3.8) is 0 Å². The van der Waals surface area contributed by atoms with Crippen LogP contribution in [-0.4, -0.2) is 30.3 Å². The first kappa shape index (κ1) is 26.9. The van der Waals surface area contributed by atoms with E-state index >= 15 is 4.39 Å². The molecule has 4 aromatic heterocycles. The average Bonchev–Trinajstić information content (AvgIpc) is 3.47. The van der Waals surface area contributed by atoms with E-state index in [2.05, 4.69) is 9.97 Å². The molecule has 1 aromatic carbocycles. The number of hydrogen-bond acceptors (Lipinski definition) is 7. The van der Waals surface area contributed by atoms with Crippen molar-refractivity contribution in [2.45, 2.75) is 39.3 Å². The SMILES string of the molecule is CC(C)OC1=C(F)C=C(c2nn([C@@H](C)c3cc4scc(Cl)n4c(=O)c3-c3ccccc3)c3ncnc(N)c23)C=CC1. The number of aromatic nitrogens is 5. The molecule has 4 heterocycles. The van der Waals surface area contributed by atoms with Crippen LogP contribution < -0.4 is 11.3 Å². The Balaban J connectivity index is 1.58. The maximum atomic E-state index is 15.3. The molecule has 6 rings (SSSR count). The standard InChI is InChI=1S/C30H26ClFN6O2S/c1-16(2)40-22-11-7-10-19(12-21(22)32)27-26-28(33)34-15-35-29(26)38(36-27)17(3)20-13-24-37(23(31)14-41-24)30(39)25(20)18-8-5-4-6-9-18/h4-10,12-17H,11H2,1-3H3,(H2,33,34,35)/t17-/m0/s1. The van der Waals surface area contributed by atoms with Crippen LogP contribution in [0.3, 0.4) is 0 Å². The number of pyridine rings is 1. The van der Waals surface area contributed by atoms with Crippen LogP contribution in [0.4, 0.5) is 10.2 Å². The number of ether oxygens (including phenoxy) is 1. The Labute approximate surface area is 243 Å². The number of benzene rings is 1. The molecule has 0 unspecified atom stereocenters. The van der Waals surface area contributed by atoms with Crippen molar-refractivity contribution >= 4 is 50.2 Å². The Bertz CT molecular complexity index is 1950. The average molecular weight is 589 g/mol. The minimum absolute atomic E-state index is 0.164. The Morgan fingerprint density at radius 3 is 2.71 bits per heavy atom. The quantitative estimate of drug-likeness (QED) is 0.230. The fourth-order valence-corrected chi connectivity index (χ4v) is 6.23. The van der Waals surface area contributed by atoms with E-state index in [9.17, 15) is 4.79 Å². The maximum absolute atomic E-state index is 15.3. The lowest BCUT2D eigenvalue weighted by atomic mass is 9.97. The monoisotopic (exact) mass is 588 g/mol. The number of thiazole rings is 1. The molecule has 0 fully saturated rings. The number of nitrogens with two attached hydrogens (primary N) is 1. The molecule has 208 valence electrons. The van der Waals surface area contributed by atoms with Crippen LogP contribution >= 0.6 is 22.9 Å². The second-order valence-electron chi connectivity index (χ2n) is 9.95. The molecule has 41 heavy (non-hydrogen) atoms. The number of anilines is 1. The second-order valence-corrected chi connectivity index (χ2v) is 11.2. The summed E-state index contributed by atoms with van der Waals surface area (Å²) in [6, 6.07) is 10.9. The van der Waals surface area contributed by atoms with E-state index in [4.69, 9.17) is 27.2 Å². The highest BCUT2D eigenvalue weighted by Gasteiger charge is 2.26. The first-order valence-electron chi connectivity index (χ1n) is 13.0. The van der Waals surface area contributed by atoms with E-state index < -0.39 is 11.9 Å². The van der Waals surface area contributed by atoms with E-state index in [0.717, 1.165) is 11.1 Å². The summed E-state index contributed by atoms with van der Waals surface area (Å²) in [6.07, 6.45) is 6.52. The summed E-state index contributed by atoms with van der Waals surface area (Å²) in [4.78, 5) is 23.3. The fourth-order valence-electron chi connectivity index (χ4n) is 5.07. The van der Waals surface area contributed by atoms with Gasteiger partial charge >= 0.3 is 0 Å². The second kappa shape index (κ2) is 10.6. The van der Waals surface area contributed by atoms with Gasteiger partial charge in [0.25, 0.3) is 5.56 Å². The predicted octanol–water partition coefficient (Wildman–Crippen LogP) is 6.96. The van der Waals surface area contributed by atoms with Crippen molar-refractivity contribution in [2.75, 3.05) is 5.73 Å². The molecule has 5 aromatic rings. The summed E-state index contributed by atoms with van der Waals surface area (Å²) >= 11 is 7.78. The number of halogens is 2. The topological polar surface area (TPSA) is 100 Å². The Morgan fingerprint density at radius 1 is 1.17 bits per heavy atom. The van der Waals surface area contributed by atoms with Crippen molar-refractivity contribution in [2.24, 2.45) is 0 Å². The summed E-state index contributed by atoms with van der Waals surface area (Å²) < 4.78 is 24.2. The first-order chi connectivity index (χ1) is 19.7. The van der Waals surface area contributed by atoms with Gasteiger partial charge in [0.15, 0.2) is 11.5 Å². The lowest BCUT2D eigenvalue weighted by Crippen LogP contribution is -2.20. The minimum Gasteiger partial charge on any atom is -0.492 e. The molecule has 1 aliphatic rings. The summed E-state index contributed by atoms with van der Waals surface area (Å²) in [5.41, 5.74) is 9.51. The molecule has 1 atom stereocenters. The molecule has 8 nitrogen and oxygen atoms in total. The molecule has 0 saturated carbocycles. The van der Waals surface area contributed by atoms with Crippen LogP contribution in [-0.2, 0) is 4.74 Å². The van der Waals surface area contributed by atoms with Gasteiger partial charge in [-0.15, -0.1) is 11.3 Å². The largest absolute Gasteiger partial charge is 0.492 e. The van der Waals surface area contributed by atoms with E-state index in [-0.39, 0.29) is 23.2 Å². The number of fused-ring (bicyclic) bond motifs is 2. The van der Waals surface area contributed by atoms with Crippen LogP contribution in [0.15, 0.2) is 82.7 Å². The van der Waals surface area contributed by atoms with Crippen LogP contribution in [0.2, 0.25) is 5.15 Å². The molecule has 0 aliphatic heterocycles. The molecule has 11 heteroatoms. The fraction of sp³-hybridized carbons (Fsp3) is 0.200. The van der Waals surface area contributed by atoms with Crippen molar-refractivity contribution in [3.05, 3.63) is 105 Å². The normalized spacial score (nSPS) is 14.6. The zero-order chi connectivity index (χ0) is 28.8. The van der Waals surface area contributed by atoms with Gasteiger partial charge < -0.3 is 10.5 Å². The third kappa shape index (κ3) is 4.72. The van der Waals surface area contributed by atoms with Gasteiger partial charge in [-0.05, 0) is 44.0 Å². The smallest absolute Gasteiger partial charge is 0.265 e. The lowest BCUT2D eigenvalue weighted by molar-refractivity contribution is 0.137. The van der Waals surface area contributed by atoms with Gasteiger partial charge in [0, 0.05) is 17.4 Å². The van der Waals surface area contributed by atoms with Crippen molar-refractivity contribution in [3.8, 4) is 11.1 Å². The Kier molecular flexibility index (Phi) is 6.96. The van der Waals surface area contributed by atoms with Gasteiger partial charge in [-0.2, -0.15) is 5.10 Å². The third-order valence-corrected chi connectivity index (χ3v) is 8.18. The van der Waals surface area contributed by atoms with Crippen molar-refractivity contribution in [1.82, 2.24) is 24.1 Å². The summed E-state index contributed by atoms with van der Waals surface area (Å²) in [7, 11) is 0. The van der Waals surface area contributed by atoms with Gasteiger partial charge in [-0.25, -0.2) is 19.0 Å². The van der Waals surface area contributed by atoms with Crippen LogP contribution in [0.25, 0.3) is 32.6 Å². The highest BCUT2D eigenvalue weighted by molar-refractivity contribution is 7.16. The van der Waals surface area contributed by atoms with Gasteiger partial charge in [-0.1, -0.05) is 54.1 Å². The first-order valence-corrected chi connectivity index (χ1v) is 14.3. The Hall–Kier alpha value is -4.28. The molecule has 0 saturated heterocycles. The molecule has 0 bridgehead atoms. The van der Waals surface area contributed by atoms with Crippen LogP contribution in [0.1, 0.15) is 44.5 Å². The molecular formula is C30H26ClFN6O2S.